The van der Waals surface area contributed by atoms with Crippen LogP contribution in [-0.2, 0) is 16.1 Å². The molecule has 3 rings (SSSR count). The van der Waals surface area contributed by atoms with Crippen molar-refractivity contribution in [3.05, 3.63) is 59.1 Å². The standard InChI is InChI=1S/C18H19ClFN3O2.ClH/c19-16-11-15(20)1-2-17(16)22-7-9-23(10-8-22)18(24)13-25-12-14-3-5-21-6-4-14;/h1-6,11H,7-10,12-13H2;1H. The van der Waals surface area contributed by atoms with Crippen LogP contribution < -0.4 is 4.90 Å². The zero-order chi connectivity index (χ0) is 17.6. The molecular weight excluding hydrogens is 380 g/mol. The van der Waals surface area contributed by atoms with E-state index in [0.29, 0.717) is 37.8 Å². The summed E-state index contributed by atoms with van der Waals surface area (Å²) in [7, 11) is 0. The highest BCUT2D eigenvalue weighted by Crippen LogP contribution is 2.27. The van der Waals surface area contributed by atoms with Gasteiger partial charge < -0.3 is 14.5 Å². The molecule has 5 nitrogen and oxygen atoms in total. The molecule has 1 saturated heterocycles. The van der Waals surface area contributed by atoms with Gasteiger partial charge in [0.05, 0.1) is 17.3 Å². The van der Waals surface area contributed by atoms with Crippen LogP contribution in [0.5, 0.6) is 0 Å². The first-order valence-corrected chi connectivity index (χ1v) is 8.46. The number of pyridine rings is 1. The number of halogens is 3. The summed E-state index contributed by atoms with van der Waals surface area (Å²) >= 11 is 6.10. The topological polar surface area (TPSA) is 45.7 Å². The van der Waals surface area contributed by atoms with E-state index in [1.54, 1.807) is 23.4 Å². The number of aromatic nitrogens is 1. The van der Waals surface area contributed by atoms with Crippen LogP contribution in [-0.4, -0.2) is 48.6 Å². The number of amides is 1. The van der Waals surface area contributed by atoms with E-state index in [1.807, 2.05) is 12.1 Å². The molecule has 0 spiro atoms. The molecule has 2 heterocycles. The Bertz CT molecular complexity index is 726. The number of hydrogen-bond acceptors (Lipinski definition) is 4. The Morgan fingerprint density at radius 2 is 1.85 bits per heavy atom. The van der Waals surface area contributed by atoms with Gasteiger partial charge in [0.15, 0.2) is 0 Å². The lowest BCUT2D eigenvalue weighted by Crippen LogP contribution is -2.49. The summed E-state index contributed by atoms with van der Waals surface area (Å²) in [4.78, 5) is 20.0. The zero-order valence-electron chi connectivity index (χ0n) is 14.1. The number of piperazine rings is 1. The Hall–Kier alpha value is -1.89. The molecule has 0 bridgehead atoms. The number of hydrogen-bond donors (Lipinski definition) is 0. The number of ether oxygens (including phenoxy) is 1. The van der Waals surface area contributed by atoms with Gasteiger partial charge in [0.25, 0.3) is 0 Å². The third-order valence-electron chi connectivity index (χ3n) is 4.13. The van der Waals surface area contributed by atoms with Crippen molar-refractivity contribution in [2.75, 3.05) is 37.7 Å². The highest BCUT2D eigenvalue weighted by Gasteiger charge is 2.22. The first-order chi connectivity index (χ1) is 12.1. The number of benzene rings is 1. The maximum atomic E-state index is 13.2. The molecule has 0 aliphatic carbocycles. The lowest BCUT2D eigenvalue weighted by atomic mass is 10.2. The molecule has 0 saturated carbocycles. The van der Waals surface area contributed by atoms with Crippen molar-refractivity contribution in [2.24, 2.45) is 0 Å². The van der Waals surface area contributed by atoms with Gasteiger partial charge in [-0.2, -0.15) is 0 Å². The van der Waals surface area contributed by atoms with Crippen LogP contribution in [0.4, 0.5) is 10.1 Å². The smallest absolute Gasteiger partial charge is 0.248 e. The highest BCUT2D eigenvalue weighted by atomic mass is 35.5. The van der Waals surface area contributed by atoms with Crippen molar-refractivity contribution >= 4 is 35.6 Å². The van der Waals surface area contributed by atoms with Crippen molar-refractivity contribution in [3.63, 3.8) is 0 Å². The minimum absolute atomic E-state index is 0. The summed E-state index contributed by atoms with van der Waals surface area (Å²) in [6.45, 7) is 2.93. The van der Waals surface area contributed by atoms with Crippen LogP contribution in [0.15, 0.2) is 42.7 Å². The Kier molecular flexibility index (Phi) is 7.63. The van der Waals surface area contributed by atoms with Crippen molar-refractivity contribution < 1.29 is 13.9 Å². The van der Waals surface area contributed by atoms with Crippen molar-refractivity contribution in [1.29, 1.82) is 0 Å². The maximum Gasteiger partial charge on any atom is 0.248 e. The molecule has 140 valence electrons. The van der Waals surface area contributed by atoms with Gasteiger partial charge in [-0.1, -0.05) is 11.6 Å². The van der Waals surface area contributed by atoms with Gasteiger partial charge in [0, 0.05) is 38.6 Å². The van der Waals surface area contributed by atoms with E-state index < -0.39 is 0 Å². The fourth-order valence-corrected chi connectivity index (χ4v) is 3.05. The summed E-state index contributed by atoms with van der Waals surface area (Å²) in [5.41, 5.74) is 1.78. The maximum absolute atomic E-state index is 13.2. The predicted octanol–water partition coefficient (Wildman–Crippen LogP) is 3.16. The van der Waals surface area contributed by atoms with Crippen molar-refractivity contribution in [2.45, 2.75) is 6.61 Å². The molecular formula is C18H20Cl2FN3O2. The van der Waals surface area contributed by atoms with E-state index in [9.17, 15) is 9.18 Å². The number of carbonyl (C=O) groups excluding carboxylic acids is 1. The van der Waals surface area contributed by atoms with Gasteiger partial charge in [-0.05, 0) is 35.9 Å². The van der Waals surface area contributed by atoms with Crippen LogP contribution in [0.1, 0.15) is 5.56 Å². The minimum atomic E-state index is -0.353. The Morgan fingerprint density at radius 1 is 1.15 bits per heavy atom. The van der Waals surface area contributed by atoms with Crippen LogP contribution in [0.3, 0.4) is 0 Å². The SMILES string of the molecule is Cl.O=C(COCc1ccncc1)N1CCN(c2ccc(F)cc2Cl)CC1. The largest absolute Gasteiger partial charge is 0.367 e. The molecule has 1 aromatic carbocycles. The van der Waals surface area contributed by atoms with E-state index in [4.69, 9.17) is 16.3 Å². The van der Waals surface area contributed by atoms with Crippen LogP contribution in [0.2, 0.25) is 5.02 Å². The lowest BCUT2D eigenvalue weighted by Gasteiger charge is -2.36. The van der Waals surface area contributed by atoms with Gasteiger partial charge in [0.1, 0.15) is 12.4 Å². The molecule has 1 fully saturated rings. The summed E-state index contributed by atoms with van der Waals surface area (Å²) < 4.78 is 18.6. The van der Waals surface area contributed by atoms with Crippen LogP contribution in [0, 0.1) is 5.82 Å². The fraction of sp³-hybridized carbons (Fsp3) is 0.333. The normalized spacial score (nSPS) is 14.1. The van der Waals surface area contributed by atoms with Crippen molar-refractivity contribution in [3.8, 4) is 0 Å². The second-order valence-electron chi connectivity index (χ2n) is 5.81. The summed E-state index contributed by atoms with van der Waals surface area (Å²) in [6, 6.07) is 8.09. The molecule has 0 atom stereocenters. The van der Waals surface area contributed by atoms with Gasteiger partial charge in [-0.25, -0.2) is 4.39 Å². The molecule has 1 aliphatic rings. The molecule has 0 unspecified atom stereocenters. The number of nitrogens with zero attached hydrogens (tertiary/aromatic N) is 3. The van der Waals surface area contributed by atoms with Gasteiger partial charge in [-0.15, -0.1) is 12.4 Å². The Labute approximate surface area is 163 Å². The number of anilines is 1. The predicted molar refractivity (Wildman–Crippen MR) is 101 cm³/mol. The lowest BCUT2D eigenvalue weighted by molar-refractivity contribution is -0.136. The van der Waals surface area contributed by atoms with Crippen LogP contribution in [0.25, 0.3) is 0 Å². The number of carbonyl (C=O) groups is 1. The summed E-state index contributed by atoms with van der Waals surface area (Å²) in [6.07, 6.45) is 3.39. The van der Waals surface area contributed by atoms with Gasteiger partial charge >= 0.3 is 0 Å². The van der Waals surface area contributed by atoms with Crippen molar-refractivity contribution in [1.82, 2.24) is 9.88 Å². The van der Waals surface area contributed by atoms with Gasteiger partial charge in [0.2, 0.25) is 5.91 Å². The summed E-state index contributed by atoms with van der Waals surface area (Å²) in [5.74, 6) is -0.382. The fourth-order valence-electron chi connectivity index (χ4n) is 2.76. The van der Waals surface area contributed by atoms with E-state index in [-0.39, 0.29) is 30.7 Å². The Morgan fingerprint density at radius 3 is 2.50 bits per heavy atom. The highest BCUT2D eigenvalue weighted by molar-refractivity contribution is 6.33. The molecule has 26 heavy (non-hydrogen) atoms. The first-order valence-electron chi connectivity index (χ1n) is 8.08. The summed E-state index contributed by atoms with van der Waals surface area (Å²) in [5, 5.41) is 0.389. The zero-order valence-corrected chi connectivity index (χ0v) is 15.7. The molecule has 8 heteroatoms. The van der Waals surface area contributed by atoms with Crippen LogP contribution >= 0.6 is 24.0 Å². The van der Waals surface area contributed by atoms with E-state index in [2.05, 4.69) is 9.88 Å². The van der Waals surface area contributed by atoms with Gasteiger partial charge in [-0.3, -0.25) is 9.78 Å². The third kappa shape index (κ3) is 5.30. The third-order valence-corrected chi connectivity index (χ3v) is 4.43. The monoisotopic (exact) mass is 399 g/mol. The second-order valence-corrected chi connectivity index (χ2v) is 6.22. The first kappa shape index (κ1) is 20.4. The molecule has 1 amide bonds. The van der Waals surface area contributed by atoms with E-state index >= 15 is 0 Å². The molecule has 1 aliphatic heterocycles. The van der Waals surface area contributed by atoms with E-state index in [0.717, 1.165) is 11.3 Å². The van der Waals surface area contributed by atoms with E-state index in [1.165, 1.54) is 12.1 Å². The average Bonchev–Trinajstić information content (AvgIpc) is 2.63. The Balaban J connectivity index is 0.00000243. The molecule has 2 aromatic rings. The quantitative estimate of drug-likeness (QED) is 0.774. The minimum Gasteiger partial charge on any atom is -0.367 e. The number of rotatable bonds is 5. The molecule has 0 radical (unpaired) electrons. The molecule has 1 aromatic heterocycles. The second kappa shape index (κ2) is 9.71. The molecule has 0 N–H and O–H groups in total. The average molecular weight is 400 g/mol.